The van der Waals surface area contributed by atoms with E-state index in [1.54, 1.807) is 13.8 Å². The molecule has 0 radical (unpaired) electrons. The molecule has 0 saturated heterocycles. The highest BCUT2D eigenvalue weighted by Crippen LogP contribution is 2.23. The Morgan fingerprint density at radius 3 is 1.74 bits per heavy atom. The summed E-state index contributed by atoms with van der Waals surface area (Å²) < 4.78 is 9.97. The highest BCUT2D eigenvalue weighted by molar-refractivity contribution is 6.14. The second-order valence-corrected chi connectivity index (χ2v) is 4.60. The average Bonchev–Trinajstić information content (AvgIpc) is 2.34. The van der Waals surface area contributed by atoms with Gasteiger partial charge in [-0.05, 0) is 38.2 Å². The van der Waals surface area contributed by atoms with Gasteiger partial charge in [0.05, 0.1) is 13.2 Å². The van der Waals surface area contributed by atoms with E-state index in [2.05, 4.69) is 6.92 Å². The smallest absolute Gasteiger partial charge is 0.345 e. The van der Waals surface area contributed by atoms with Crippen molar-refractivity contribution in [3.63, 3.8) is 0 Å². The first-order valence-corrected chi connectivity index (χ1v) is 7.06. The molecule has 0 bridgehead atoms. The topological polar surface area (TPSA) is 52.6 Å². The molecule has 0 fully saturated rings. The summed E-state index contributed by atoms with van der Waals surface area (Å²) in [5.74, 6) is -1.02. The van der Waals surface area contributed by atoms with Crippen molar-refractivity contribution < 1.29 is 19.1 Å². The molecule has 0 aromatic heterocycles. The fourth-order valence-electron chi connectivity index (χ4n) is 1.82. The zero-order valence-corrected chi connectivity index (χ0v) is 12.7. The van der Waals surface area contributed by atoms with E-state index in [9.17, 15) is 9.59 Å². The van der Waals surface area contributed by atoms with Crippen LogP contribution in [0.25, 0.3) is 0 Å². The van der Waals surface area contributed by atoms with Gasteiger partial charge in [-0.3, -0.25) is 0 Å². The van der Waals surface area contributed by atoms with E-state index in [4.69, 9.17) is 9.47 Å². The molecule has 110 valence electrons. The lowest BCUT2D eigenvalue weighted by Gasteiger charge is -2.16. The van der Waals surface area contributed by atoms with E-state index in [0.29, 0.717) is 0 Å². The molecule has 0 aliphatic carbocycles. The van der Waals surface area contributed by atoms with Crippen LogP contribution in [-0.4, -0.2) is 25.2 Å². The summed E-state index contributed by atoms with van der Waals surface area (Å²) in [5, 5.41) is 0. The molecule has 0 atom stereocenters. The lowest BCUT2D eigenvalue weighted by atomic mass is 9.92. The van der Waals surface area contributed by atoms with E-state index < -0.39 is 11.9 Å². The van der Waals surface area contributed by atoms with Crippen LogP contribution in [0.5, 0.6) is 0 Å². The summed E-state index contributed by atoms with van der Waals surface area (Å²) in [7, 11) is 0. The average molecular weight is 270 g/mol. The van der Waals surface area contributed by atoms with Crippen molar-refractivity contribution in [2.45, 2.75) is 53.9 Å². The molecule has 0 aromatic rings. The number of unbranched alkanes of at least 4 members (excludes halogenated alkanes) is 1. The molecule has 0 spiro atoms. The summed E-state index contributed by atoms with van der Waals surface area (Å²) in [5.41, 5.74) is 0.922. The number of esters is 2. The number of ether oxygens (including phenoxy) is 2. The van der Waals surface area contributed by atoms with Crippen molar-refractivity contribution in [3.05, 3.63) is 11.1 Å². The fourth-order valence-corrected chi connectivity index (χ4v) is 1.82. The Balaban J connectivity index is 5.43. The minimum atomic E-state index is -0.569. The number of hydrogen-bond acceptors (Lipinski definition) is 4. The molecule has 4 heteroatoms. The molecule has 4 nitrogen and oxygen atoms in total. The fraction of sp³-hybridized carbons (Fsp3) is 0.733. The van der Waals surface area contributed by atoms with Crippen LogP contribution in [0.15, 0.2) is 11.1 Å². The molecule has 0 N–H and O–H groups in total. The van der Waals surface area contributed by atoms with Gasteiger partial charge >= 0.3 is 11.9 Å². The summed E-state index contributed by atoms with van der Waals surface area (Å²) in [6.45, 7) is 9.98. The number of rotatable bonds is 8. The minimum absolute atomic E-state index is 0.0900. The van der Waals surface area contributed by atoms with Gasteiger partial charge in [0, 0.05) is 0 Å². The highest BCUT2D eigenvalue weighted by Gasteiger charge is 2.26. The SMILES string of the molecule is CCCCC(=C(C(=O)OCC)C(=O)OCC)C(C)C. The molecular weight excluding hydrogens is 244 g/mol. The quantitative estimate of drug-likeness (QED) is 0.294. The van der Waals surface area contributed by atoms with Crippen LogP contribution in [0.1, 0.15) is 53.9 Å². The Morgan fingerprint density at radius 2 is 1.42 bits per heavy atom. The molecule has 0 aliphatic rings. The van der Waals surface area contributed by atoms with Gasteiger partial charge in [0.15, 0.2) is 0 Å². The van der Waals surface area contributed by atoms with Crippen LogP contribution in [-0.2, 0) is 19.1 Å². The first kappa shape index (κ1) is 17.7. The number of hydrogen-bond donors (Lipinski definition) is 0. The van der Waals surface area contributed by atoms with Gasteiger partial charge in [-0.2, -0.15) is 0 Å². The summed E-state index contributed by atoms with van der Waals surface area (Å²) >= 11 is 0. The summed E-state index contributed by atoms with van der Waals surface area (Å²) in [6.07, 6.45) is 2.67. The van der Waals surface area contributed by atoms with Crippen molar-refractivity contribution in [3.8, 4) is 0 Å². The summed E-state index contributed by atoms with van der Waals surface area (Å²) in [6, 6.07) is 0. The predicted molar refractivity (Wildman–Crippen MR) is 74.7 cm³/mol. The minimum Gasteiger partial charge on any atom is -0.462 e. The first-order chi connectivity index (χ1) is 8.99. The van der Waals surface area contributed by atoms with Crippen LogP contribution >= 0.6 is 0 Å². The third-order valence-corrected chi connectivity index (χ3v) is 2.78. The highest BCUT2D eigenvalue weighted by atomic mass is 16.6. The van der Waals surface area contributed by atoms with Crippen molar-refractivity contribution >= 4 is 11.9 Å². The Kier molecular flexibility index (Phi) is 8.92. The van der Waals surface area contributed by atoms with E-state index in [1.165, 1.54) is 0 Å². The van der Waals surface area contributed by atoms with E-state index >= 15 is 0 Å². The number of carbonyl (C=O) groups is 2. The van der Waals surface area contributed by atoms with Gasteiger partial charge in [-0.1, -0.05) is 27.2 Å². The molecule has 0 aliphatic heterocycles. The van der Waals surface area contributed by atoms with Gasteiger partial charge < -0.3 is 9.47 Å². The Labute approximate surface area is 116 Å². The predicted octanol–water partition coefficient (Wildman–Crippen LogP) is 3.26. The van der Waals surface area contributed by atoms with E-state index in [0.717, 1.165) is 24.8 Å². The molecule has 0 saturated carbocycles. The van der Waals surface area contributed by atoms with Crippen molar-refractivity contribution in [1.29, 1.82) is 0 Å². The molecule has 0 amide bonds. The maximum atomic E-state index is 12.0. The largest absolute Gasteiger partial charge is 0.462 e. The second kappa shape index (κ2) is 9.59. The molecule has 0 unspecified atom stereocenters. The first-order valence-electron chi connectivity index (χ1n) is 7.06. The second-order valence-electron chi connectivity index (χ2n) is 4.60. The van der Waals surface area contributed by atoms with Gasteiger partial charge in [0.25, 0.3) is 0 Å². The van der Waals surface area contributed by atoms with Crippen LogP contribution in [0.3, 0.4) is 0 Å². The standard InChI is InChI=1S/C15H26O4/c1-6-9-10-12(11(4)5)13(14(16)18-7-2)15(17)19-8-3/h11H,6-10H2,1-5H3. The monoisotopic (exact) mass is 270 g/mol. The number of carbonyl (C=O) groups excluding carboxylic acids is 2. The van der Waals surface area contributed by atoms with Crippen molar-refractivity contribution in [2.24, 2.45) is 5.92 Å². The maximum absolute atomic E-state index is 12.0. The van der Waals surface area contributed by atoms with Crippen LogP contribution < -0.4 is 0 Å². The Morgan fingerprint density at radius 1 is 0.947 bits per heavy atom. The zero-order valence-electron chi connectivity index (χ0n) is 12.7. The van der Waals surface area contributed by atoms with Gasteiger partial charge in [0.1, 0.15) is 5.57 Å². The molecule has 0 rings (SSSR count). The lowest BCUT2D eigenvalue weighted by molar-refractivity contribution is -0.146. The van der Waals surface area contributed by atoms with E-state index in [1.807, 2.05) is 13.8 Å². The van der Waals surface area contributed by atoms with Gasteiger partial charge in [0.2, 0.25) is 0 Å². The third kappa shape index (κ3) is 5.90. The lowest BCUT2D eigenvalue weighted by Crippen LogP contribution is -2.22. The Hall–Kier alpha value is -1.32. The van der Waals surface area contributed by atoms with Crippen LogP contribution in [0, 0.1) is 5.92 Å². The maximum Gasteiger partial charge on any atom is 0.345 e. The normalized spacial score (nSPS) is 10.2. The Bertz CT molecular complexity index is 309. The van der Waals surface area contributed by atoms with Crippen molar-refractivity contribution in [1.82, 2.24) is 0 Å². The number of allylic oxidation sites excluding steroid dienone is 1. The molecule has 0 heterocycles. The van der Waals surface area contributed by atoms with Crippen LogP contribution in [0.4, 0.5) is 0 Å². The van der Waals surface area contributed by atoms with Gasteiger partial charge in [-0.25, -0.2) is 9.59 Å². The van der Waals surface area contributed by atoms with Gasteiger partial charge in [-0.15, -0.1) is 0 Å². The molecular formula is C15H26O4. The van der Waals surface area contributed by atoms with E-state index in [-0.39, 0.29) is 24.7 Å². The summed E-state index contributed by atoms with van der Waals surface area (Å²) in [4.78, 5) is 24.0. The molecule has 0 aromatic carbocycles. The molecule has 19 heavy (non-hydrogen) atoms. The zero-order chi connectivity index (χ0) is 14.8. The third-order valence-electron chi connectivity index (χ3n) is 2.78. The van der Waals surface area contributed by atoms with Crippen molar-refractivity contribution in [2.75, 3.05) is 13.2 Å². The van der Waals surface area contributed by atoms with Crippen LogP contribution in [0.2, 0.25) is 0 Å².